The summed E-state index contributed by atoms with van der Waals surface area (Å²) >= 11 is 0. The normalized spacial score (nSPS) is 28.3. The maximum absolute atomic E-state index is 6.06. The van der Waals surface area contributed by atoms with Gasteiger partial charge in [0, 0.05) is 25.2 Å². The molecule has 1 aliphatic carbocycles. The first-order valence-electron chi connectivity index (χ1n) is 6.66. The molecule has 0 spiro atoms. The summed E-state index contributed by atoms with van der Waals surface area (Å²) in [6.45, 7) is 8.43. The van der Waals surface area contributed by atoms with Gasteiger partial charge in [-0.2, -0.15) is 0 Å². The van der Waals surface area contributed by atoms with Gasteiger partial charge in [-0.3, -0.25) is 4.90 Å². The molecule has 1 saturated carbocycles. The zero-order chi connectivity index (χ0) is 11.6. The first-order chi connectivity index (χ1) is 7.53. The zero-order valence-electron chi connectivity index (χ0n) is 10.7. The summed E-state index contributed by atoms with van der Waals surface area (Å²) in [5.41, 5.74) is 5.98. The minimum Gasteiger partial charge on any atom is -0.377 e. The van der Waals surface area contributed by atoms with E-state index >= 15 is 0 Å². The van der Waals surface area contributed by atoms with E-state index in [-0.39, 0.29) is 5.54 Å². The van der Waals surface area contributed by atoms with Gasteiger partial charge >= 0.3 is 0 Å². The number of ether oxygens (including phenoxy) is 1. The summed E-state index contributed by atoms with van der Waals surface area (Å²) in [6, 6.07) is 0. The Kier molecular flexibility index (Phi) is 3.88. The molecule has 0 aromatic heterocycles. The number of piperidine rings is 1. The van der Waals surface area contributed by atoms with Crippen molar-refractivity contribution in [3.05, 3.63) is 0 Å². The molecule has 1 atom stereocenters. The SMILES string of the molecule is CC(C)(N)CN1CCCC(OCC2CC2)C1. The molecule has 2 rings (SSSR count). The lowest BCUT2D eigenvalue weighted by molar-refractivity contribution is -0.00886. The van der Waals surface area contributed by atoms with Crippen molar-refractivity contribution < 1.29 is 4.74 Å². The van der Waals surface area contributed by atoms with Crippen LogP contribution in [0.5, 0.6) is 0 Å². The quantitative estimate of drug-likeness (QED) is 0.774. The molecule has 2 N–H and O–H groups in total. The van der Waals surface area contributed by atoms with Crippen LogP contribution in [0, 0.1) is 5.92 Å². The number of hydrogen-bond acceptors (Lipinski definition) is 3. The van der Waals surface area contributed by atoms with Gasteiger partial charge in [0.25, 0.3) is 0 Å². The van der Waals surface area contributed by atoms with Gasteiger partial charge in [-0.05, 0) is 52.0 Å². The summed E-state index contributed by atoms with van der Waals surface area (Å²) in [7, 11) is 0. The zero-order valence-corrected chi connectivity index (χ0v) is 10.7. The molecule has 0 amide bonds. The van der Waals surface area contributed by atoms with Gasteiger partial charge in [-0.25, -0.2) is 0 Å². The molecule has 2 aliphatic rings. The smallest absolute Gasteiger partial charge is 0.0702 e. The minimum absolute atomic E-state index is 0.0849. The lowest BCUT2D eigenvalue weighted by Gasteiger charge is -2.36. The fourth-order valence-electron chi connectivity index (χ4n) is 2.43. The molecule has 0 radical (unpaired) electrons. The highest BCUT2D eigenvalue weighted by atomic mass is 16.5. The average molecular weight is 226 g/mol. The van der Waals surface area contributed by atoms with E-state index in [0.717, 1.165) is 25.6 Å². The molecule has 0 bridgehead atoms. The van der Waals surface area contributed by atoms with Crippen LogP contribution in [0.1, 0.15) is 39.5 Å². The fraction of sp³-hybridized carbons (Fsp3) is 1.00. The van der Waals surface area contributed by atoms with Crippen LogP contribution >= 0.6 is 0 Å². The largest absolute Gasteiger partial charge is 0.377 e. The molecule has 0 aromatic carbocycles. The summed E-state index contributed by atoms with van der Waals surface area (Å²) < 4.78 is 5.97. The number of nitrogens with zero attached hydrogens (tertiary/aromatic N) is 1. The molecule has 3 nitrogen and oxygen atoms in total. The summed E-state index contributed by atoms with van der Waals surface area (Å²) in [4.78, 5) is 2.46. The molecule has 0 aromatic rings. The minimum atomic E-state index is -0.0849. The fourth-order valence-corrected chi connectivity index (χ4v) is 2.43. The lowest BCUT2D eigenvalue weighted by atomic mass is 10.0. The Morgan fingerprint density at radius 2 is 2.06 bits per heavy atom. The highest BCUT2D eigenvalue weighted by Crippen LogP contribution is 2.30. The Morgan fingerprint density at radius 3 is 2.69 bits per heavy atom. The first-order valence-corrected chi connectivity index (χ1v) is 6.66. The van der Waals surface area contributed by atoms with Crippen LogP contribution in [0.15, 0.2) is 0 Å². The topological polar surface area (TPSA) is 38.5 Å². The Bertz CT molecular complexity index is 220. The third-order valence-electron chi connectivity index (χ3n) is 3.36. The van der Waals surface area contributed by atoms with Crippen LogP contribution < -0.4 is 5.73 Å². The molecular formula is C13H26N2O. The molecule has 94 valence electrons. The Balaban J connectivity index is 1.70. The summed E-state index contributed by atoms with van der Waals surface area (Å²) in [5.74, 6) is 0.876. The van der Waals surface area contributed by atoms with Gasteiger partial charge < -0.3 is 10.5 Å². The molecule has 16 heavy (non-hydrogen) atoms. The Morgan fingerprint density at radius 1 is 1.31 bits per heavy atom. The van der Waals surface area contributed by atoms with E-state index in [1.165, 1.54) is 32.2 Å². The third-order valence-corrected chi connectivity index (χ3v) is 3.36. The van der Waals surface area contributed by atoms with E-state index in [1.54, 1.807) is 0 Å². The monoisotopic (exact) mass is 226 g/mol. The maximum Gasteiger partial charge on any atom is 0.0702 e. The van der Waals surface area contributed by atoms with Gasteiger partial charge in [0.15, 0.2) is 0 Å². The van der Waals surface area contributed by atoms with Gasteiger partial charge in [-0.1, -0.05) is 0 Å². The summed E-state index contributed by atoms with van der Waals surface area (Å²) in [6.07, 6.45) is 5.70. The van der Waals surface area contributed by atoms with Crippen LogP contribution in [0.25, 0.3) is 0 Å². The molecule has 1 unspecified atom stereocenters. The molecule has 3 heteroatoms. The van der Waals surface area contributed by atoms with Crippen molar-refractivity contribution in [2.75, 3.05) is 26.2 Å². The number of nitrogens with two attached hydrogens (primary N) is 1. The summed E-state index contributed by atoms with van der Waals surface area (Å²) in [5, 5.41) is 0. The maximum atomic E-state index is 6.06. The van der Waals surface area contributed by atoms with Gasteiger partial charge in [0.05, 0.1) is 6.10 Å². The van der Waals surface area contributed by atoms with E-state index in [2.05, 4.69) is 18.7 Å². The number of hydrogen-bond donors (Lipinski definition) is 1. The first kappa shape index (κ1) is 12.3. The molecule has 1 aliphatic heterocycles. The molecule has 1 heterocycles. The highest BCUT2D eigenvalue weighted by Gasteiger charge is 2.27. The van der Waals surface area contributed by atoms with Gasteiger partial charge in [-0.15, -0.1) is 0 Å². The van der Waals surface area contributed by atoms with Crippen molar-refractivity contribution in [2.24, 2.45) is 11.7 Å². The second-order valence-electron chi connectivity index (χ2n) is 6.26. The average Bonchev–Trinajstić information content (AvgIpc) is 2.96. The van der Waals surface area contributed by atoms with Gasteiger partial charge in [0.1, 0.15) is 0 Å². The van der Waals surface area contributed by atoms with E-state index < -0.39 is 0 Å². The van der Waals surface area contributed by atoms with Crippen LogP contribution in [0.2, 0.25) is 0 Å². The molecule has 1 saturated heterocycles. The van der Waals surface area contributed by atoms with Crippen molar-refractivity contribution in [3.63, 3.8) is 0 Å². The van der Waals surface area contributed by atoms with Crippen molar-refractivity contribution in [1.82, 2.24) is 4.90 Å². The van der Waals surface area contributed by atoms with E-state index in [1.807, 2.05) is 0 Å². The van der Waals surface area contributed by atoms with Crippen molar-refractivity contribution in [3.8, 4) is 0 Å². The van der Waals surface area contributed by atoms with E-state index in [4.69, 9.17) is 10.5 Å². The highest BCUT2D eigenvalue weighted by molar-refractivity contribution is 4.82. The van der Waals surface area contributed by atoms with E-state index in [0.29, 0.717) is 6.10 Å². The lowest BCUT2D eigenvalue weighted by Crippen LogP contribution is -2.50. The Labute approximate surface area is 99.3 Å². The second-order valence-corrected chi connectivity index (χ2v) is 6.26. The standard InChI is InChI=1S/C13H26N2O/c1-13(2,14)10-15-7-3-4-12(8-15)16-9-11-5-6-11/h11-12H,3-10,14H2,1-2H3. The molecule has 2 fully saturated rings. The van der Waals surface area contributed by atoms with Gasteiger partial charge in [0.2, 0.25) is 0 Å². The second kappa shape index (κ2) is 5.03. The van der Waals surface area contributed by atoms with Crippen molar-refractivity contribution in [1.29, 1.82) is 0 Å². The van der Waals surface area contributed by atoms with E-state index in [9.17, 15) is 0 Å². The van der Waals surface area contributed by atoms with Crippen LogP contribution in [0.4, 0.5) is 0 Å². The van der Waals surface area contributed by atoms with Crippen LogP contribution in [0.3, 0.4) is 0 Å². The van der Waals surface area contributed by atoms with Crippen LogP contribution in [-0.4, -0.2) is 42.8 Å². The molecular weight excluding hydrogens is 200 g/mol. The number of rotatable bonds is 5. The predicted octanol–water partition coefficient (Wildman–Crippen LogP) is 1.61. The van der Waals surface area contributed by atoms with Crippen LogP contribution in [-0.2, 0) is 4.74 Å². The Hall–Kier alpha value is -0.120. The van der Waals surface area contributed by atoms with Crippen molar-refractivity contribution >= 4 is 0 Å². The number of likely N-dealkylation sites (tertiary alicyclic amines) is 1. The van der Waals surface area contributed by atoms with Crippen molar-refractivity contribution in [2.45, 2.75) is 51.2 Å². The predicted molar refractivity (Wildman–Crippen MR) is 66.4 cm³/mol. The third kappa shape index (κ3) is 4.40.